The van der Waals surface area contributed by atoms with Crippen LogP contribution >= 0.6 is 0 Å². The summed E-state index contributed by atoms with van der Waals surface area (Å²) >= 11 is 0. The molecule has 0 fully saturated rings. The molecule has 13 heavy (non-hydrogen) atoms. The fourth-order valence-corrected chi connectivity index (χ4v) is 1.25. The summed E-state index contributed by atoms with van der Waals surface area (Å²) in [5.41, 5.74) is 6.52. The lowest BCUT2D eigenvalue weighted by Gasteiger charge is -2.13. The average molecular weight is 183 g/mol. The molecule has 0 amide bonds. The molecule has 0 aliphatic carbocycles. The number of para-hydroxylation sites is 1. The molecule has 0 aromatic heterocycles. The van der Waals surface area contributed by atoms with Gasteiger partial charge in [0.15, 0.2) is 11.6 Å². The zero-order chi connectivity index (χ0) is 9.84. The van der Waals surface area contributed by atoms with Gasteiger partial charge < -0.3 is 10.5 Å². The molecule has 0 spiro atoms. The standard InChI is InChI=1S/C10H14FNO/c1-3-9(12)7-5-4-6-8(11)10(7)13-2/h4-6,9H,3,12H2,1-2H3/t9-/m0/s1. The van der Waals surface area contributed by atoms with E-state index in [1.807, 2.05) is 6.92 Å². The van der Waals surface area contributed by atoms with Crippen molar-refractivity contribution in [3.05, 3.63) is 29.6 Å². The molecule has 0 aliphatic heterocycles. The maximum atomic E-state index is 13.2. The summed E-state index contributed by atoms with van der Waals surface area (Å²) in [5.74, 6) is -0.0965. The number of benzene rings is 1. The molecule has 3 heteroatoms. The molecule has 0 saturated heterocycles. The van der Waals surface area contributed by atoms with Gasteiger partial charge in [-0.3, -0.25) is 0 Å². The lowest BCUT2D eigenvalue weighted by Crippen LogP contribution is -2.10. The monoisotopic (exact) mass is 183 g/mol. The number of hydrogen-bond donors (Lipinski definition) is 1. The van der Waals surface area contributed by atoms with Crippen LogP contribution in [0.25, 0.3) is 0 Å². The van der Waals surface area contributed by atoms with Gasteiger partial charge in [-0.1, -0.05) is 19.1 Å². The number of hydrogen-bond acceptors (Lipinski definition) is 2. The SMILES string of the molecule is CC[C@H](N)c1cccc(F)c1OC. The quantitative estimate of drug-likeness (QED) is 0.780. The zero-order valence-corrected chi connectivity index (χ0v) is 7.88. The number of halogens is 1. The van der Waals surface area contributed by atoms with Crippen LogP contribution in [0.1, 0.15) is 24.9 Å². The van der Waals surface area contributed by atoms with Gasteiger partial charge >= 0.3 is 0 Å². The van der Waals surface area contributed by atoms with E-state index in [9.17, 15) is 4.39 Å². The van der Waals surface area contributed by atoms with E-state index >= 15 is 0 Å². The highest BCUT2D eigenvalue weighted by atomic mass is 19.1. The Balaban J connectivity index is 3.12. The van der Waals surface area contributed by atoms with Crippen molar-refractivity contribution >= 4 is 0 Å². The van der Waals surface area contributed by atoms with Crippen molar-refractivity contribution < 1.29 is 9.13 Å². The molecule has 0 heterocycles. The predicted octanol–water partition coefficient (Wildman–Crippen LogP) is 2.24. The van der Waals surface area contributed by atoms with Gasteiger partial charge in [-0.05, 0) is 12.5 Å². The third-order valence-corrected chi connectivity index (χ3v) is 2.04. The number of methoxy groups -OCH3 is 1. The second kappa shape index (κ2) is 4.23. The smallest absolute Gasteiger partial charge is 0.165 e. The van der Waals surface area contributed by atoms with Crippen LogP contribution < -0.4 is 10.5 Å². The molecule has 1 aromatic rings. The first-order chi connectivity index (χ1) is 6.20. The largest absolute Gasteiger partial charge is 0.493 e. The van der Waals surface area contributed by atoms with Gasteiger partial charge in [-0.2, -0.15) is 0 Å². The summed E-state index contributed by atoms with van der Waals surface area (Å²) in [7, 11) is 1.45. The summed E-state index contributed by atoms with van der Waals surface area (Å²) in [5, 5.41) is 0. The highest BCUT2D eigenvalue weighted by molar-refractivity contribution is 5.37. The minimum atomic E-state index is -0.357. The third-order valence-electron chi connectivity index (χ3n) is 2.04. The molecule has 0 bridgehead atoms. The summed E-state index contributed by atoms with van der Waals surface area (Å²) in [6.45, 7) is 1.95. The van der Waals surface area contributed by atoms with Gasteiger partial charge in [0.2, 0.25) is 0 Å². The van der Waals surface area contributed by atoms with Crippen molar-refractivity contribution in [2.24, 2.45) is 5.73 Å². The van der Waals surface area contributed by atoms with Gasteiger partial charge in [0, 0.05) is 11.6 Å². The van der Waals surface area contributed by atoms with E-state index in [1.165, 1.54) is 13.2 Å². The van der Waals surface area contributed by atoms with Gasteiger partial charge in [0.25, 0.3) is 0 Å². The Bertz CT molecular complexity index is 288. The third kappa shape index (κ3) is 1.98. The molecule has 2 N–H and O–H groups in total. The zero-order valence-electron chi connectivity index (χ0n) is 7.88. The molecule has 0 unspecified atom stereocenters. The van der Waals surface area contributed by atoms with Crippen molar-refractivity contribution in [2.45, 2.75) is 19.4 Å². The first-order valence-electron chi connectivity index (χ1n) is 4.28. The Morgan fingerprint density at radius 1 is 1.54 bits per heavy atom. The van der Waals surface area contributed by atoms with E-state index in [0.717, 1.165) is 12.0 Å². The van der Waals surface area contributed by atoms with Crippen LogP contribution in [-0.2, 0) is 0 Å². The molecular formula is C10H14FNO. The Morgan fingerprint density at radius 3 is 2.77 bits per heavy atom. The van der Waals surface area contributed by atoms with E-state index in [-0.39, 0.29) is 17.6 Å². The average Bonchev–Trinajstić information content (AvgIpc) is 2.16. The Morgan fingerprint density at radius 2 is 2.23 bits per heavy atom. The number of nitrogens with two attached hydrogens (primary N) is 1. The molecule has 0 aliphatic rings. The Labute approximate surface area is 77.5 Å². The fraction of sp³-hybridized carbons (Fsp3) is 0.400. The van der Waals surface area contributed by atoms with E-state index in [2.05, 4.69) is 0 Å². The van der Waals surface area contributed by atoms with Gasteiger partial charge in [-0.25, -0.2) is 4.39 Å². The molecule has 1 rings (SSSR count). The van der Waals surface area contributed by atoms with E-state index in [1.54, 1.807) is 12.1 Å². The summed E-state index contributed by atoms with van der Waals surface area (Å²) in [6.07, 6.45) is 0.764. The Hall–Kier alpha value is -1.09. The van der Waals surface area contributed by atoms with Gasteiger partial charge in [0.05, 0.1) is 7.11 Å². The van der Waals surface area contributed by atoms with E-state index in [0.29, 0.717) is 0 Å². The number of ether oxygens (including phenoxy) is 1. The fourth-order valence-electron chi connectivity index (χ4n) is 1.25. The van der Waals surface area contributed by atoms with Crippen molar-refractivity contribution in [3.63, 3.8) is 0 Å². The highest BCUT2D eigenvalue weighted by Gasteiger charge is 2.13. The molecule has 1 atom stereocenters. The van der Waals surface area contributed by atoms with Crippen LogP contribution in [0.4, 0.5) is 4.39 Å². The second-order valence-corrected chi connectivity index (χ2v) is 2.88. The normalized spacial score (nSPS) is 12.6. The summed E-state index contributed by atoms with van der Waals surface area (Å²) < 4.78 is 18.1. The lowest BCUT2D eigenvalue weighted by atomic mass is 10.0. The lowest BCUT2D eigenvalue weighted by molar-refractivity contribution is 0.377. The molecule has 2 nitrogen and oxygen atoms in total. The topological polar surface area (TPSA) is 35.2 Å². The van der Waals surface area contributed by atoms with Crippen LogP contribution in [0.3, 0.4) is 0 Å². The second-order valence-electron chi connectivity index (χ2n) is 2.88. The van der Waals surface area contributed by atoms with Crippen molar-refractivity contribution in [3.8, 4) is 5.75 Å². The molecular weight excluding hydrogens is 169 g/mol. The molecule has 0 saturated carbocycles. The summed E-state index contributed by atoms with van der Waals surface area (Å²) in [6, 6.07) is 4.63. The Kier molecular flexibility index (Phi) is 3.25. The minimum Gasteiger partial charge on any atom is -0.493 e. The first kappa shape index (κ1) is 9.99. The van der Waals surface area contributed by atoms with Crippen molar-refractivity contribution in [1.29, 1.82) is 0 Å². The predicted molar refractivity (Wildman–Crippen MR) is 50.2 cm³/mol. The van der Waals surface area contributed by atoms with E-state index < -0.39 is 0 Å². The maximum Gasteiger partial charge on any atom is 0.165 e. The van der Waals surface area contributed by atoms with E-state index in [4.69, 9.17) is 10.5 Å². The van der Waals surface area contributed by atoms with Crippen molar-refractivity contribution in [1.82, 2.24) is 0 Å². The molecule has 72 valence electrons. The van der Waals surface area contributed by atoms with Crippen LogP contribution in [-0.4, -0.2) is 7.11 Å². The minimum absolute atomic E-state index is 0.161. The van der Waals surface area contributed by atoms with Crippen LogP contribution in [0.5, 0.6) is 5.75 Å². The van der Waals surface area contributed by atoms with Crippen LogP contribution in [0.15, 0.2) is 18.2 Å². The maximum absolute atomic E-state index is 13.2. The highest BCUT2D eigenvalue weighted by Crippen LogP contribution is 2.27. The van der Waals surface area contributed by atoms with Crippen LogP contribution in [0.2, 0.25) is 0 Å². The van der Waals surface area contributed by atoms with Crippen molar-refractivity contribution in [2.75, 3.05) is 7.11 Å². The summed E-state index contributed by atoms with van der Waals surface area (Å²) in [4.78, 5) is 0. The van der Waals surface area contributed by atoms with Gasteiger partial charge in [-0.15, -0.1) is 0 Å². The molecule has 0 radical (unpaired) electrons. The van der Waals surface area contributed by atoms with Gasteiger partial charge in [0.1, 0.15) is 0 Å². The number of rotatable bonds is 3. The first-order valence-corrected chi connectivity index (χ1v) is 4.28. The molecule has 1 aromatic carbocycles. The van der Waals surface area contributed by atoms with Crippen LogP contribution in [0, 0.1) is 5.82 Å².